The van der Waals surface area contributed by atoms with E-state index in [1.54, 1.807) is 13.0 Å². The summed E-state index contributed by atoms with van der Waals surface area (Å²) in [5, 5.41) is 12.8. The summed E-state index contributed by atoms with van der Waals surface area (Å²) < 4.78 is 0. The monoisotopic (exact) mass is 409 g/mol. The molecule has 1 aromatic heterocycles. The molecule has 29 heavy (non-hydrogen) atoms. The van der Waals surface area contributed by atoms with Crippen LogP contribution in [0.25, 0.3) is 0 Å². The van der Waals surface area contributed by atoms with E-state index in [1.165, 1.54) is 0 Å². The number of hydrogen-bond donors (Lipinski definition) is 1. The number of carbonyl (C=O) groups is 1. The molecule has 7 heteroatoms. The number of benzene rings is 1. The van der Waals surface area contributed by atoms with Gasteiger partial charge in [0.15, 0.2) is 0 Å². The molecule has 1 fully saturated rings. The van der Waals surface area contributed by atoms with Gasteiger partial charge in [0.05, 0.1) is 22.5 Å². The number of rotatable bonds is 5. The Balaban J connectivity index is 1.60. The summed E-state index contributed by atoms with van der Waals surface area (Å²) in [5.74, 6) is 0.897. The van der Waals surface area contributed by atoms with Gasteiger partial charge >= 0.3 is 0 Å². The van der Waals surface area contributed by atoms with Gasteiger partial charge in [0.1, 0.15) is 11.9 Å². The smallest absolute Gasteiger partial charge is 0.219 e. The van der Waals surface area contributed by atoms with Gasteiger partial charge in [-0.25, -0.2) is 4.98 Å². The summed E-state index contributed by atoms with van der Waals surface area (Å²) in [6.07, 6.45) is 4.53. The van der Waals surface area contributed by atoms with Gasteiger partial charge in [-0.3, -0.25) is 4.79 Å². The Kier molecular flexibility index (Phi) is 6.73. The number of piperazine rings is 1. The molecule has 2 heterocycles. The lowest BCUT2D eigenvalue weighted by atomic mass is 10.1. The third-order valence-electron chi connectivity index (χ3n) is 5.02. The van der Waals surface area contributed by atoms with Crippen molar-refractivity contribution < 1.29 is 4.79 Å². The molecule has 0 unspecified atom stereocenters. The predicted molar refractivity (Wildman–Crippen MR) is 116 cm³/mol. The summed E-state index contributed by atoms with van der Waals surface area (Å²) in [6, 6.07) is 11.6. The molecular weight excluding hydrogens is 386 g/mol. The molecule has 1 saturated heterocycles. The van der Waals surface area contributed by atoms with Gasteiger partial charge in [0.25, 0.3) is 0 Å². The first-order valence-corrected chi connectivity index (χ1v) is 9.95. The van der Waals surface area contributed by atoms with E-state index in [4.69, 9.17) is 16.9 Å². The van der Waals surface area contributed by atoms with Gasteiger partial charge < -0.3 is 15.1 Å². The fourth-order valence-corrected chi connectivity index (χ4v) is 3.53. The highest BCUT2D eigenvalue weighted by Gasteiger charge is 2.18. The largest absolute Gasteiger partial charge is 0.367 e. The Hall–Kier alpha value is -3.04. The van der Waals surface area contributed by atoms with Crippen molar-refractivity contribution in [2.24, 2.45) is 0 Å². The first-order chi connectivity index (χ1) is 14.0. The lowest BCUT2D eigenvalue weighted by Crippen LogP contribution is -2.48. The molecule has 0 bridgehead atoms. The molecule has 1 aromatic carbocycles. The van der Waals surface area contributed by atoms with E-state index in [2.05, 4.69) is 21.3 Å². The van der Waals surface area contributed by atoms with Crippen LogP contribution in [0.2, 0.25) is 5.02 Å². The first-order valence-electron chi connectivity index (χ1n) is 9.57. The minimum absolute atomic E-state index is 0.129. The lowest BCUT2D eigenvalue weighted by Gasteiger charge is -2.35. The number of nitrogens with one attached hydrogen (secondary N) is 1. The zero-order valence-corrected chi connectivity index (χ0v) is 17.4. The van der Waals surface area contributed by atoms with Crippen LogP contribution in [0, 0.1) is 11.3 Å². The van der Waals surface area contributed by atoms with Gasteiger partial charge in [-0.1, -0.05) is 23.7 Å². The molecule has 1 aliphatic heterocycles. The average Bonchev–Trinajstić information content (AvgIpc) is 2.74. The van der Waals surface area contributed by atoms with Crippen LogP contribution < -0.4 is 10.2 Å². The molecule has 3 rings (SSSR count). The van der Waals surface area contributed by atoms with E-state index in [0.717, 1.165) is 48.9 Å². The second-order valence-electron chi connectivity index (χ2n) is 6.94. The van der Waals surface area contributed by atoms with Crippen LogP contribution in [-0.4, -0.2) is 42.0 Å². The van der Waals surface area contributed by atoms with Gasteiger partial charge in [-0.2, -0.15) is 5.26 Å². The van der Waals surface area contributed by atoms with Crippen LogP contribution >= 0.6 is 11.6 Å². The van der Waals surface area contributed by atoms with Crippen LogP contribution in [0.5, 0.6) is 0 Å². The molecule has 0 atom stereocenters. The van der Waals surface area contributed by atoms with Crippen LogP contribution in [0.1, 0.15) is 25.0 Å². The summed E-state index contributed by atoms with van der Waals surface area (Å²) in [5.41, 5.74) is 3.56. The molecular formula is C22H24ClN5O. The second kappa shape index (κ2) is 9.44. The minimum atomic E-state index is 0.129. The SMILES string of the molecule is C/C=C(/Cc1ccc(C#N)c(Cl)c1)Nc1ccc(N2CCN(C(C)=O)CC2)cn1. The van der Waals surface area contributed by atoms with Gasteiger partial charge in [0.2, 0.25) is 5.91 Å². The van der Waals surface area contributed by atoms with Gasteiger partial charge in [0, 0.05) is 45.2 Å². The van der Waals surface area contributed by atoms with E-state index in [9.17, 15) is 4.79 Å². The zero-order chi connectivity index (χ0) is 20.8. The van der Waals surface area contributed by atoms with E-state index >= 15 is 0 Å². The van der Waals surface area contributed by atoms with Crippen molar-refractivity contribution in [3.05, 3.63) is 64.5 Å². The fraction of sp³-hybridized carbons (Fsp3) is 0.318. The first kappa shape index (κ1) is 20.7. The summed E-state index contributed by atoms with van der Waals surface area (Å²) >= 11 is 6.13. The highest BCUT2D eigenvalue weighted by Crippen LogP contribution is 2.21. The Morgan fingerprint density at radius 1 is 1.28 bits per heavy atom. The molecule has 150 valence electrons. The maximum atomic E-state index is 11.5. The summed E-state index contributed by atoms with van der Waals surface area (Å²) in [7, 11) is 0. The molecule has 0 radical (unpaired) electrons. The molecule has 0 saturated carbocycles. The Morgan fingerprint density at radius 2 is 2.03 bits per heavy atom. The third-order valence-corrected chi connectivity index (χ3v) is 5.34. The normalized spacial score (nSPS) is 14.5. The topological polar surface area (TPSA) is 72.3 Å². The predicted octanol–water partition coefficient (Wildman–Crippen LogP) is 3.83. The van der Waals surface area contributed by atoms with Crippen molar-refractivity contribution >= 4 is 29.0 Å². The number of allylic oxidation sites excluding steroid dienone is 2. The van der Waals surface area contributed by atoms with E-state index in [-0.39, 0.29) is 5.91 Å². The van der Waals surface area contributed by atoms with Crippen LogP contribution in [0.15, 0.2) is 48.3 Å². The van der Waals surface area contributed by atoms with Crippen LogP contribution in [0.4, 0.5) is 11.5 Å². The minimum Gasteiger partial charge on any atom is -0.367 e. The number of halogens is 1. The van der Waals surface area contributed by atoms with Crippen molar-refractivity contribution in [1.82, 2.24) is 9.88 Å². The van der Waals surface area contributed by atoms with E-state index in [0.29, 0.717) is 17.0 Å². The molecule has 1 amide bonds. The summed E-state index contributed by atoms with van der Waals surface area (Å²) in [4.78, 5) is 20.1. The molecule has 2 aromatic rings. The van der Waals surface area contributed by atoms with Crippen molar-refractivity contribution in [3.8, 4) is 6.07 Å². The number of anilines is 2. The fourth-order valence-electron chi connectivity index (χ4n) is 3.29. The van der Waals surface area contributed by atoms with E-state index in [1.807, 2.05) is 48.4 Å². The number of nitriles is 1. The highest BCUT2D eigenvalue weighted by atomic mass is 35.5. The lowest BCUT2D eigenvalue weighted by molar-refractivity contribution is -0.129. The van der Waals surface area contributed by atoms with Crippen LogP contribution in [-0.2, 0) is 11.2 Å². The number of pyridine rings is 1. The second-order valence-corrected chi connectivity index (χ2v) is 7.34. The van der Waals surface area contributed by atoms with Crippen LogP contribution in [0.3, 0.4) is 0 Å². The maximum absolute atomic E-state index is 11.5. The number of carbonyl (C=O) groups excluding carboxylic acids is 1. The molecule has 1 aliphatic rings. The van der Waals surface area contributed by atoms with Crippen molar-refractivity contribution in [2.75, 3.05) is 36.4 Å². The van der Waals surface area contributed by atoms with Crippen molar-refractivity contribution in [2.45, 2.75) is 20.3 Å². The molecule has 6 nitrogen and oxygen atoms in total. The number of aromatic nitrogens is 1. The Morgan fingerprint density at radius 3 is 2.59 bits per heavy atom. The quantitative estimate of drug-likeness (QED) is 0.812. The molecule has 1 N–H and O–H groups in total. The maximum Gasteiger partial charge on any atom is 0.219 e. The summed E-state index contributed by atoms with van der Waals surface area (Å²) in [6.45, 7) is 6.69. The van der Waals surface area contributed by atoms with Crippen molar-refractivity contribution in [3.63, 3.8) is 0 Å². The number of hydrogen-bond acceptors (Lipinski definition) is 5. The molecule has 0 aliphatic carbocycles. The third kappa shape index (κ3) is 5.27. The Labute approximate surface area is 176 Å². The average molecular weight is 410 g/mol. The number of amides is 1. The van der Waals surface area contributed by atoms with Gasteiger partial charge in [-0.15, -0.1) is 0 Å². The zero-order valence-electron chi connectivity index (χ0n) is 16.7. The number of nitrogens with zero attached hydrogens (tertiary/aromatic N) is 4. The van der Waals surface area contributed by atoms with Crippen molar-refractivity contribution in [1.29, 1.82) is 5.26 Å². The van der Waals surface area contributed by atoms with Gasteiger partial charge in [-0.05, 0) is 36.8 Å². The highest BCUT2D eigenvalue weighted by molar-refractivity contribution is 6.31. The molecule has 0 spiro atoms. The van der Waals surface area contributed by atoms with E-state index < -0.39 is 0 Å². The Bertz CT molecular complexity index is 941. The standard InChI is InChI=1S/C22H24ClN5O/c1-3-19(12-17-4-5-18(14-24)21(23)13-17)26-22-7-6-20(15-25-22)28-10-8-27(9-11-28)16(2)29/h3-7,13,15H,8-12H2,1-2H3,(H,25,26)/b19-3-.